The highest BCUT2D eigenvalue weighted by atomic mass is 16.5. The number of aliphatic hydroxyl groups is 1. The third-order valence-corrected chi connectivity index (χ3v) is 4.62. The van der Waals surface area contributed by atoms with Gasteiger partial charge in [-0.25, -0.2) is 0 Å². The molecule has 1 aliphatic carbocycles. The molecule has 0 spiro atoms. The lowest BCUT2D eigenvalue weighted by atomic mass is 10.00. The minimum Gasteiger partial charge on any atom is -0.389 e. The van der Waals surface area contributed by atoms with Crippen molar-refractivity contribution in [3.05, 3.63) is 48.0 Å². The van der Waals surface area contributed by atoms with Crippen molar-refractivity contribution in [2.75, 3.05) is 19.8 Å². The molecule has 134 valence electrons. The maximum atomic E-state index is 12.3. The summed E-state index contributed by atoms with van der Waals surface area (Å²) in [6.45, 7) is 5.26. The van der Waals surface area contributed by atoms with E-state index in [0.29, 0.717) is 12.5 Å². The summed E-state index contributed by atoms with van der Waals surface area (Å²) in [7, 11) is 0. The fourth-order valence-electron chi connectivity index (χ4n) is 3.25. The molecule has 0 bridgehead atoms. The molecule has 0 radical (unpaired) electrons. The average molecular weight is 341 g/mol. The van der Waals surface area contributed by atoms with E-state index in [1.54, 1.807) is 0 Å². The summed E-state index contributed by atoms with van der Waals surface area (Å²) in [5.41, 5.74) is 1.25. The fourth-order valence-corrected chi connectivity index (χ4v) is 3.25. The van der Waals surface area contributed by atoms with Gasteiger partial charge in [-0.15, -0.1) is 0 Å². The molecule has 0 aromatic heterocycles. The predicted octanol–water partition coefficient (Wildman–Crippen LogP) is 3.09. The van der Waals surface area contributed by atoms with Crippen LogP contribution >= 0.6 is 0 Å². The molecule has 2 N–H and O–H groups in total. The highest BCUT2D eigenvalue weighted by Gasteiger charge is 2.44. The van der Waals surface area contributed by atoms with Crippen molar-refractivity contribution in [2.24, 2.45) is 11.8 Å². The number of benzene rings is 2. The Hall–Kier alpha value is -1.91. The number of carbonyl (C=O) groups is 1. The van der Waals surface area contributed by atoms with E-state index in [1.807, 2.05) is 12.1 Å². The lowest BCUT2D eigenvalue weighted by Crippen LogP contribution is -2.35. The van der Waals surface area contributed by atoms with Crippen molar-refractivity contribution >= 4 is 16.7 Å². The molecule has 2 aromatic rings. The molecule has 3 atom stereocenters. The fraction of sp³-hybridized carbons (Fsp3) is 0.476. The van der Waals surface area contributed by atoms with Gasteiger partial charge in [0.15, 0.2) is 0 Å². The summed E-state index contributed by atoms with van der Waals surface area (Å²) in [4.78, 5) is 12.3. The molecular weight excluding hydrogens is 314 g/mol. The summed E-state index contributed by atoms with van der Waals surface area (Å²) in [6, 6.07) is 14.6. The van der Waals surface area contributed by atoms with Gasteiger partial charge in [-0.1, -0.05) is 56.3 Å². The van der Waals surface area contributed by atoms with E-state index >= 15 is 0 Å². The maximum absolute atomic E-state index is 12.3. The minimum atomic E-state index is -0.655. The van der Waals surface area contributed by atoms with Crippen molar-refractivity contribution in [1.82, 2.24) is 5.32 Å². The Bertz CT molecular complexity index is 723. The lowest BCUT2D eigenvalue weighted by Gasteiger charge is -2.13. The Labute approximate surface area is 149 Å². The number of hydrogen-bond acceptors (Lipinski definition) is 3. The van der Waals surface area contributed by atoms with Crippen molar-refractivity contribution in [3.63, 3.8) is 0 Å². The van der Waals surface area contributed by atoms with E-state index in [2.05, 4.69) is 49.5 Å². The van der Waals surface area contributed by atoms with E-state index in [1.165, 1.54) is 16.3 Å². The zero-order valence-electron chi connectivity index (χ0n) is 14.9. The Morgan fingerprint density at radius 3 is 2.76 bits per heavy atom. The van der Waals surface area contributed by atoms with Crippen LogP contribution in [0.1, 0.15) is 31.7 Å². The van der Waals surface area contributed by atoms with Crippen LogP contribution in [0.3, 0.4) is 0 Å². The van der Waals surface area contributed by atoms with Gasteiger partial charge in [0.25, 0.3) is 0 Å². The minimum absolute atomic E-state index is 0.00888. The zero-order valence-corrected chi connectivity index (χ0v) is 14.9. The first kappa shape index (κ1) is 17.9. The second-order valence-corrected chi connectivity index (χ2v) is 7.35. The third-order valence-electron chi connectivity index (χ3n) is 4.62. The Morgan fingerprint density at radius 1 is 1.20 bits per heavy atom. The van der Waals surface area contributed by atoms with E-state index in [9.17, 15) is 9.90 Å². The van der Waals surface area contributed by atoms with Gasteiger partial charge in [0.2, 0.25) is 5.91 Å². The first-order valence-electron chi connectivity index (χ1n) is 9.07. The van der Waals surface area contributed by atoms with Crippen LogP contribution in [-0.2, 0) is 9.53 Å². The second-order valence-electron chi connectivity index (χ2n) is 7.35. The molecule has 3 unspecified atom stereocenters. The van der Waals surface area contributed by atoms with Gasteiger partial charge in [-0.3, -0.25) is 4.79 Å². The smallest absolute Gasteiger partial charge is 0.223 e. The van der Waals surface area contributed by atoms with Gasteiger partial charge < -0.3 is 15.2 Å². The number of hydrogen-bond donors (Lipinski definition) is 2. The molecule has 25 heavy (non-hydrogen) atoms. The second kappa shape index (κ2) is 7.98. The van der Waals surface area contributed by atoms with Gasteiger partial charge in [0.05, 0.1) is 12.7 Å². The molecule has 4 nitrogen and oxygen atoms in total. The molecule has 3 rings (SSSR count). The molecule has 1 fully saturated rings. The first-order valence-corrected chi connectivity index (χ1v) is 9.07. The number of amides is 1. The number of ether oxygens (including phenoxy) is 1. The van der Waals surface area contributed by atoms with E-state index in [4.69, 9.17) is 4.74 Å². The Balaban J connectivity index is 1.50. The Kier molecular flexibility index (Phi) is 5.71. The monoisotopic (exact) mass is 341 g/mol. The molecule has 0 aliphatic heterocycles. The van der Waals surface area contributed by atoms with Crippen LogP contribution in [0.4, 0.5) is 0 Å². The number of carbonyl (C=O) groups excluding carboxylic acids is 1. The molecule has 1 aliphatic rings. The molecule has 0 saturated heterocycles. The molecule has 1 amide bonds. The highest BCUT2D eigenvalue weighted by molar-refractivity contribution is 5.89. The summed E-state index contributed by atoms with van der Waals surface area (Å²) in [6.07, 6.45) is 0.220. The largest absolute Gasteiger partial charge is 0.389 e. The van der Waals surface area contributed by atoms with Gasteiger partial charge in [0, 0.05) is 19.1 Å². The van der Waals surface area contributed by atoms with Crippen LogP contribution in [0.25, 0.3) is 10.8 Å². The third kappa shape index (κ3) is 4.59. The molecule has 4 heteroatoms. The Morgan fingerprint density at radius 2 is 1.96 bits per heavy atom. The van der Waals surface area contributed by atoms with Crippen LogP contribution in [0.15, 0.2) is 42.5 Å². The van der Waals surface area contributed by atoms with E-state index in [-0.39, 0.29) is 30.9 Å². The molecule has 0 heterocycles. The first-order chi connectivity index (χ1) is 12.1. The van der Waals surface area contributed by atoms with Crippen molar-refractivity contribution in [1.29, 1.82) is 0 Å². The van der Waals surface area contributed by atoms with Crippen molar-refractivity contribution < 1.29 is 14.6 Å². The predicted molar refractivity (Wildman–Crippen MR) is 99.5 cm³/mol. The highest BCUT2D eigenvalue weighted by Crippen LogP contribution is 2.49. The van der Waals surface area contributed by atoms with Gasteiger partial charge >= 0.3 is 0 Å². The number of aliphatic hydroxyl groups excluding tert-OH is 1. The number of nitrogens with one attached hydrogen (secondary N) is 1. The average Bonchev–Trinajstić information content (AvgIpc) is 3.39. The summed E-state index contributed by atoms with van der Waals surface area (Å²) < 4.78 is 5.40. The standard InChI is InChI=1S/C21H27NO3/c1-14(2)12-25-13-16(23)11-22-21(24)20-10-19(20)18-9-5-7-15-6-3-4-8-17(15)18/h3-9,14,16,19-20,23H,10-13H2,1-2H3,(H,22,24). The van der Waals surface area contributed by atoms with Crippen LogP contribution in [-0.4, -0.2) is 36.9 Å². The quantitative estimate of drug-likeness (QED) is 0.776. The summed E-state index contributed by atoms with van der Waals surface area (Å²) >= 11 is 0. The topological polar surface area (TPSA) is 58.6 Å². The number of fused-ring (bicyclic) bond motifs is 1. The number of rotatable bonds is 8. The maximum Gasteiger partial charge on any atom is 0.223 e. The lowest BCUT2D eigenvalue weighted by molar-refractivity contribution is -0.123. The van der Waals surface area contributed by atoms with Crippen molar-refractivity contribution in [3.8, 4) is 0 Å². The van der Waals surface area contributed by atoms with E-state index < -0.39 is 6.10 Å². The normalized spacial score (nSPS) is 20.6. The van der Waals surface area contributed by atoms with Crippen molar-refractivity contribution in [2.45, 2.75) is 32.3 Å². The van der Waals surface area contributed by atoms with Crippen LogP contribution in [0.5, 0.6) is 0 Å². The van der Waals surface area contributed by atoms with Crippen LogP contribution in [0, 0.1) is 11.8 Å². The van der Waals surface area contributed by atoms with E-state index in [0.717, 1.165) is 6.42 Å². The van der Waals surface area contributed by atoms with Crippen LogP contribution in [0.2, 0.25) is 0 Å². The molecule has 1 saturated carbocycles. The molecule has 2 aromatic carbocycles. The summed E-state index contributed by atoms with van der Waals surface area (Å²) in [5.74, 6) is 0.755. The van der Waals surface area contributed by atoms with Gasteiger partial charge in [-0.2, -0.15) is 0 Å². The van der Waals surface area contributed by atoms with Crippen LogP contribution < -0.4 is 5.32 Å². The van der Waals surface area contributed by atoms with Gasteiger partial charge in [0.1, 0.15) is 0 Å². The zero-order chi connectivity index (χ0) is 17.8. The summed E-state index contributed by atoms with van der Waals surface area (Å²) in [5, 5.41) is 15.2. The molecular formula is C21H27NO3. The van der Waals surface area contributed by atoms with Gasteiger partial charge in [-0.05, 0) is 34.6 Å². The SMILES string of the molecule is CC(C)COCC(O)CNC(=O)C1CC1c1cccc2ccccc12.